The fraction of sp³-hybridized carbons (Fsp3) is 0.533. The van der Waals surface area contributed by atoms with Gasteiger partial charge in [0.15, 0.2) is 5.75 Å². The van der Waals surface area contributed by atoms with Crippen molar-refractivity contribution in [2.75, 3.05) is 6.61 Å². The van der Waals surface area contributed by atoms with Gasteiger partial charge >= 0.3 is 5.69 Å². The van der Waals surface area contributed by atoms with Crippen LogP contribution >= 0.6 is 0 Å². The average Bonchev–Trinajstić information content (AvgIpc) is 2.97. The van der Waals surface area contributed by atoms with Crippen LogP contribution in [0.3, 0.4) is 0 Å². The van der Waals surface area contributed by atoms with Gasteiger partial charge in [-0.05, 0) is 37.8 Å². The number of rotatable bonds is 3. The van der Waals surface area contributed by atoms with Gasteiger partial charge in [-0.25, -0.2) is 0 Å². The fourth-order valence-corrected chi connectivity index (χ4v) is 3.42. The highest BCUT2D eigenvalue weighted by Crippen LogP contribution is 2.34. The third-order valence-electron chi connectivity index (χ3n) is 4.53. The van der Waals surface area contributed by atoms with Crippen LogP contribution in [0.2, 0.25) is 0 Å². The molecule has 1 aliphatic heterocycles. The molecular formula is C15H18N2O5. The van der Waals surface area contributed by atoms with E-state index in [2.05, 4.69) is 5.32 Å². The smallest absolute Gasteiger partial charge is 0.311 e. The number of nitro groups is 1. The number of fused-ring (bicyclic) bond motifs is 1. The highest BCUT2D eigenvalue weighted by Gasteiger charge is 2.38. The lowest BCUT2D eigenvalue weighted by Crippen LogP contribution is -2.45. The predicted octanol–water partition coefficient (Wildman–Crippen LogP) is 1.99. The Labute approximate surface area is 127 Å². The van der Waals surface area contributed by atoms with Gasteiger partial charge in [0.25, 0.3) is 5.91 Å². The number of phenolic OH excluding ortho intramolecular Hbond substituents is 1. The van der Waals surface area contributed by atoms with Crippen LogP contribution in [0.25, 0.3) is 0 Å². The minimum absolute atomic E-state index is 0.0432. The predicted molar refractivity (Wildman–Crippen MR) is 77.7 cm³/mol. The standard InChI is InChI=1S/C15H18N2O5/c18-13-5-4-9(8-12(13)17(20)21)15(19)16-11-2-1-3-14-10(11)6-7-22-14/h4-5,8,10-11,14,18H,1-3,6-7H2,(H,16,19)/t10-,11-,14-/m1/s1. The molecule has 0 aromatic heterocycles. The van der Waals surface area contributed by atoms with E-state index in [1.807, 2.05) is 0 Å². The molecule has 1 saturated carbocycles. The molecule has 7 nitrogen and oxygen atoms in total. The largest absolute Gasteiger partial charge is 0.502 e. The Hall–Kier alpha value is -2.15. The van der Waals surface area contributed by atoms with Crippen LogP contribution in [0.1, 0.15) is 36.0 Å². The number of amides is 1. The maximum absolute atomic E-state index is 12.3. The summed E-state index contributed by atoms with van der Waals surface area (Å²) >= 11 is 0. The van der Waals surface area contributed by atoms with Crippen molar-refractivity contribution in [3.05, 3.63) is 33.9 Å². The minimum Gasteiger partial charge on any atom is -0.502 e. The summed E-state index contributed by atoms with van der Waals surface area (Å²) in [6.07, 6.45) is 4.08. The quantitative estimate of drug-likeness (QED) is 0.657. The lowest BCUT2D eigenvalue weighted by Gasteiger charge is -2.33. The van der Waals surface area contributed by atoms with Crippen molar-refractivity contribution in [1.82, 2.24) is 5.32 Å². The lowest BCUT2D eigenvalue weighted by atomic mass is 9.81. The van der Waals surface area contributed by atoms with E-state index in [0.717, 1.165) is 38.4 Å². The molecule has 3 rings (SSSR count). The van der Waals surface area contributed by atoms with Crippen LogP contribution in [-0.2, 0) is 4.74 Å². The number of phenols is 1. The van der Waals surface area contributed by atoms with Crippen LogP contribution in [0.15, 0.2) is 18.2 Å². The van der Waals surface area contributed by atoms with Gasteiger partial charge in [0.05, 0.1) is 11.0 Å². The normalized spacial score (nSPS) is 27.2. The molecule has 2 N–H and O–H groups in total. The maximum atomic E-state index is 12.3. The van der Waals surface area contributed by atoms with E-state index >= 15 is 0 Å². The molecule has 0 unspecified atom stereocenters. The number of ether oxygens (including phenoxy) is 1. The van der Waals surface area contributed by atoms with Gasteiger partial charge in [-0.1, -0.05) is 0 Å². The monoisotopic (exact) mass is 306 g/mol. The van der Waals surface area contributed by atoms with Gasteiger partial charge < -0.3 is 15.2 Å². The second-order valence-corrected chi connectivity index (χ2v) is 5.83. The van der Waals surface area contributed by atoms with Crippen LogP contribution in [-0.4, -0.2) is 34.7 Å². The summed E-state index contributed by atoms with van der Waals surface area (Å²) in [5, 5.41) is 23.2. The van der Waals surface area contributed by atoms with E-state index in [9.17, 15) is 20.0 Å². The van der Waals surface area contributed by atoms with Gasteiger partial charge in [-0.2, -0.15) is 0 Å². The summed E-state index contributed by atoms with van der Waals surface area (Å²) in [5.74, 6) is -0.464. The van der Waals surface area contributed by atoms with Gasteiger partial charge in [-0.15, -0.1) is 0 Å². The molecule has 7 heteroatoms. The molecular weight excluding hydrogens is 288 g/mol. The van der Waals surface area contributed by atoms with Crippen LogP contribution < -0.4 is 5.32 Å². The van der Waals surface area contributed by atoms with Crippen molar-refractivity contribution >= 4 is 11.6 Å². The van der Waals surface area contributed by atoms with Gasteiger partial charge in [-0.3, -0.25) is 14.9 Å². The summed E-state index contributed by atoms with van der Waals surface area (Å²) in [7, 11) is 0. The minimum atomic E-state index is -0.701. The number of carbonyl (C=O) groups is 1. The number of nitrogens with one attached hydrogen (secondary N) is 1. The van der Waals surface area contributed by atoms with E-state index in [4.69, 9.17) is 4.74 Å². The van der Waals surface area contributed by atoms with E-state index < -0.39 is 16.4 Å². The number of aromatic hydroxyl groups is 1. The highest BCUT2D eigenvalue weighted by atomic mass is 16.6. The Morgan fingerprint density at radius 2 is 2.18 bits per heavy atom. The molecule has 1 saturated heterocycles. The molecule has 22 heavy (non-hydrogen) atoms. The summed E-state index contributed by atoms with van der Waals surface area (Å²) in [6, 6.07) is 3.72. The molecule has 118 valence electrons. The summed E-state index contributed by atoms with van der Waals surface area (Å²) in [5.41, 5.74) is -0.274. The molecule has 2 fully saturated rings. The van der Waals surface area contributed by atoms with Crippen molar-refractivity contribution < 1.29 is 19.6 Å². The summed E-state index contributed by atoms with van der Waals surface area (Å²) in [4.78, 5) is 22.5. The Balaban J connectivity index is 1.74. The van der Waals surface area contributed by atoms with Crippen molar-refractivity contribution in [3.8, 4) is 5.75 Å². The molecule has 1 aromatic rings. The van der Waals surface area contributed by atoms with Crippen molar-refractivity contribution in [1.29, 1.82) is 0 Å². The molecule has 2 aliphatic rings. The number of carbonyl (C=O) groups excluding carboxylic acids is 1. The van der Waals surface area contributed by atoms with Gasteiger partial charge in [0.2, 0.25) is 0 Å². The first-order chi connectivity index (χ1) is 10.6. The maximum Gasteiger partial charge on any atom is 0.311 e. The zero-order valence-electron chi connectivity index (χ0n) is 12.0. The molecule has 1 amide bonds. The SMILES string of the molecule is O=C(N[C@@H]1CCC[C@H]2OCC[C@H]12)c1ccc(O)c([N+](=O)[O-])c1. The topological polar surface area (TPSA) is 102 Å². The molecule has 0 bridgehead atoms. The third kappa shape index (κ3) is 2.76. The molecule has 0 spiro atoms. The van der Waals surface area contributed by atoms with Crippen molar-refractivity contribution in [2.24, 2.45) is 5.92 Å². The van der Waals surface area contributed by atoms with E-state index in [1.54, 1.807) is 0 Å². The number of nitrogens with zero attached hydrogens (tertiary/aromatic N) is 1. The second kappa shape index (κ2) is 5.92. The van der Waals surface area contributed by atoms with Gasteiger partial charge in [0.1, 0.15) is 0 Å². The van der Waals surface area contributed by atoms with E-state index in [-0.39, 0.29) is 23.6 Å². The third-order valence-corrected chi connectivity index (χ3v) is 4.53. The Morgan fingerprint density at radius 3 is 2.95 bits per heavy atom. The first-order valence-corrected chi connectivity index (χ1v) is 7.46. The summed E-state index contributed by atoms with van der Waals surface area (Å²) < 4.78 is 5.67. The first kappa shape index (κ1) is 14.8. The second-order valence-electron chi connectivity index (χ2n) is 5.83. The molecule has 1 aliphatic carbocycles. The van der Waals surface area contributed by atoms with Crippen LogP contribution in [0.4, 0.5) is 5.69 Å². The number of hydrogen-bond donors (Lipinski definition) is 2. The zero-order chi connectivity index (χ0) is 15.7. The number of benzene rings is 1. The van der Waals surface area contributed by atoms with Crippen LogP contribution in [0.5, 0.6) is 5.75 Å². The Morgan fingerprint density at radius 1 is 1.36 bits per heavy atom. The van der Waals surface area contributed by atoms with Crippen LogP contribution in [0, 0.1) is 16.0 Å². The van der Waals surface area contributed by atoms with E-state index in [1.165, 1.54) is 12.1 Å². The number of nitro benzene ring substituents is 1. The average molecular weight is 306 g/mol. The summed E-state index contributed by atoms with van der Waals surface area (Å²) in [6.45, 7) is 0.729. The van der Waals surface area contributed by atoms with Gasteiger partial charge in [0, 0.05) is 30.2 Å². The lowest BCUT2D eigenvalue weighted by molar-refractivity contribution is -0.385. The zero-order valence-corrected chi connectivity index (χ0v) is 12.0. The van der Waals surface area contributed by atoms with Crippen molar-refractivity contribution in [3.63, 3.8) is 0 Å². The molecule has 1 aromatic carbocycles. The van der Waals surface area contributed by atoms with E-state index in [0.29, 0.717) is 5.92 Å². The Bertz CT molecular complexity index is 604. The number of hydrogen-bond acceptors (Lipinski definition) is 5. The molecule has 1 heterocycles. The molecule has 0 radical (unpaired) electrons. The van der Waals surface area contributed by atoms with Crippen molar-refractivity contribution in [2.45, 2.75) is 37.8 Å². The Kier molecular flexibility index (Phi) is 3.98. The first-order valence-electron chi connectivity index (χ1n) is 7.46. The molecule has 3 atom stereocenters. The fourth-order valence-electron chi connectivity index (χ4n) is 3.42. The highest BCUT2D eigenvalue weighted by molar-refractivity contribution is 5.95.